The molecule has 1 aromatic heterocycles. The Morgan fingerprint density at radius 3 is 2.81 bits per heavy atom. The van der Waals surface area contributed by atoms with Crippen molar-refractivity contribution in [1.29, 1.82) is 0 Å². The van der Waals surface area contributed by atoms with Crippen molar-refractivity contribution in [3.05, 3.63) is 21.9 Å². The maximum absolute atomic E-state index is 12.8. The molecule has 27 heavy (non-hydrogen) atoms. The molecule has 0 spiro atoms. The van der Waals surface area contributed by atoms with Crippen molar-refractivity contribution >= 4 is 29.1 Å². The molecule has 0 saturated carbocycles. The van der Waals surface area contributed by atoms with E-state index < -0.39 is 0 Å². The van der Waals surface area contributed by atoms with E-state index >= 15 is 0 Å². The monoisotopic (exact) mass is 392 g/mol. The van der Waals surface area contributed by atoms with Crippen molar-refractivity contribution in [3.63, 3.8) is 0 Å². The van der Waals surface area contributed by atoms with Crippen LogP contribution < -0.4 is 16.0 Å². The quantitative estimate of drug-likeness (QED) is 0.676. The molecule has 3 rings (SSSR count). The number of rotatable bonds is 6. The van der Waals surface area contributed by atoms with E-state index in [1.165, 1.54) is 18.3 Å². The number of nitrogens with zero attached hydrogens (tertiary/aromatic N) is 1. The van der Waals surface area contributed by atoms with Crippen LogP contribution >= 0.6 is 11.3 Å². The van der Waals surface area contributed by atoms with Gasteiger partial charge in [0.2, 0.25) is 11.8 Å². The van der Waals surface area contributed by atoms with E-state index in [2.05, 4.69) is 16.0 Å². The average Bonchev–Trinajstić information content (AvgIpc) is 3.36. The first-order valence-corrected chi connectivity index (χ1v) is 10.5. The minimum atomic E-state index is -0.0787. The summed E-state index contributed by atoms with van der Waals surface area (Å²) in [6.45, 7) is 4.91. The Balaban J connectivity index is 1.48. The second-order valence-electron chi connectivity index (χ2n) is 7.33. The predicted molar refractivity (Wildman–Crippen MR) is 105 cm³/mol. The van der Waals surface area contributed by atoms with Crippen molar-refractivity contribution in [1.82, 2.24) is 20.9 Å². The highest BCUT2D eigenvalue weighted by molar-refractivity contribution is 7.14. The van der Waals surface area contributed by atoms with Crippen LogP contribution in [-0.2, 0) is 16.1 Å². The molecule has 2 saturated heterocycles. The van der Waals surface area contributed by atoms with Gasteiger partial charge >= 0.3 is 0 Å². The number of hydrogen-bond donors (Lipinski definition) is 3. The van der Waals surface area contributed by atoms with E-state index in [9.17, 15) is 14.4 Å². The number of amides is 3. The summed E-state index contributed by atoms with van der Waals surface area (Å²) in [5.74, 6) is 0.344. The topological polar surface area (TPSA) is 90.5 Å². The van der Waals surface area contributed by atoms with Gasteiger partial charge in [0, 0.05) is 31.4 Å². The number of thiophene rings is 1. The molecule has 2 atom stereocenters. The minimum Gasteiger partial charge on any atom is -0.354 e. The van der Waals surface area contributed by atoms with E-state index in [4.69, 9.17) is 0 Å². The molecule has 3 heterocycles. The zero-order valence-electron chi connectivity index (χ0n) is 15.8. The highest BCUT2D eigenvalue weighted by Gasteiger charge is 2.27. The summed E-state index contributed by atoms with van der Waals surface area (Å²) in [6.07, 6.45) is 3.94. The second-order valence-corrected chi connectivity index (χ2v) is 8.50. The molecule has 2 fully saturated rings. The van der Waals surface area contributed by atoms with Crippen LogP contribution in [0, 0.1) is 5.92 Å². The first-order valence-electron chi connectivity index (χ1n) is 9.66. The zero-order valence-corrected chi connectivity index (χ0v) is 16.6. The first-order chi connectivity index (χ1) is 13.0. The van der Waals surface area contributed by atoms with Gasteiger partial charge in [-0.1, -0.05) is 0 Å². The van der Waals surface area contributed by atoms with Crippen LogP contribution in [0.3, 0.4) is 0 Å². The van der Waals surface area contributed by atoms with Crippen LogP contribution in [0.2, 0.25) is 0 Å². The third-order valence-electron chi connectivity index (χ3n) is 5.13. The third-order valence-corrected chi connectivity index (χ3v) is 6.21. The summed E-state index contributed by atoms with van der Waals surface area (Å²) in [4.78, 5) is 39.5. The van der Waals surface area contributed by atoms with Gasteiger partial charge in [-0.25, -0.2) is 0 Å². The number of likely N-dealkylation sites (tertiary alicyclic amines) is 1. The maximum Gasteiger partial charge on any atom is 0.263 e. The van der Waals surface area contributed by atoms with Crippen LogP contribution in [0.5, 0.6) is 0 Å². The molecular weight excluding hydrogens is 364 g/mol. The summed E-state index contributed by atoms with van der Waals surface area (Å²) in [5.41, 5.74) is 0. The van der Waals surface area contributed by atoms with Gasteiger partial charge < -0.3 is 20.9 Å². The standard InChI is InChI=1S/C19H28N4O3S/c1-13(24)21-11-15-6-7-17(27-15)19(26)23-9-3-4-14(12-23)10-22-18(25)16-5-2-8-20-16/h6-7,14,16,20H,2-5,8-12H2,1H3,(H,21,24)(H,22,25). The Morgan fingerprint density at radius 1 is 1.22 bits per heavy atom. The van der Waals surface area contributed by atoms with Crippen molar-refractivity contribution in [3.8, 4) is 0 Å². The van der Waals surface area contributed by atoms with E-state index in [1.807, 2.05) is 17.0 Å². The lowest BCUT2D eigenvalue weighted by atomic mass is 9.97. The fraction of sp³-hybridized carbons (Fsp3) is 0.632. The smallest absolute Gasteiger partial charge is 0.263 e. The predicted octanol–water partition coefficient (Wildman–Crippen LogP) is 1.10. The molecule has 0 radical (unpaired) electrons. The van der Waals surface area contributed by atoms with Gasteiger partial charge in [0.25, 0.3) is 5.91 Å². The summed E-state index contributed by atoms with van der Waals surface area (Å²) >= 11 is 1.43. The van der Waals surface area contributed by atoms with Gasteiger partial charge in [0.15, 0.2) is 0 Å². The molecule has 7 nitrogen and oxygen atoms in total. The Morgan fingerprint density at radius 2 is 2.07 bits per heavy atom. The number of nitrogens with one attached hydrogen (secondary N) is 3. The molecule has 1 aromatic rings. The second kappa shape index (κ2) is 9.32. The molecule has 2 aliphatic rings. The van der Waals surface area contributed by atoms with E-state index in [-0.39, 0.29) is 23.8 Å². The molecule has 0 aliphatic carbocycles. The largest absolute Gasteiger partial charge is 0.354 e. The first kappa shape index (κ1) is 19.8. The lowest BCUT2D eigenvalue weighted by Gasteiger charge is -2.32. The normalized spacial score (nSPS) is 22.5. The molecule has 3 amide bonds. The fourth-order valence-corrected chi connectivity index (χ4v) is 4.56. The van der Waals surface area contributed by atoms with Crippen LogP contribution in [0.25, 0.3) is 0 Å². The average molecular weight is 393 g/mol. The van der Waals surface area contributed by atoms with Crippen LogP contribution in [0.1, 0.15) is 47.2 Å². The molecule has 0 aromatic carbocycles. The van der Waals surface area contributed by atoms with Gasteiger partial charge in [-0.2, -0.15) is 0 Å². The number of carbonyl (C=O) groups excluding carboxylic acids is 3. The molecular formula is C19H28N4O3S. The summed E-state index contributed by atoms with van der Waals surface area (Å²) < 4.78 is 0. The van der Waals surface area contributed by atoms with Crippen LogP contribution in [0.4, 0.5) is 0 Å². The molecule has 2 aliphatic heterocycles. The Bertz CT molecular complexity index is 684. The Labute approximate surface area is 163 Å². The number of carbonyl (C=O) groups is 3. The molecule has 2 unspecified atom stereocenters. The van der Waals surface area contributed by atoms with Crippen molar-refractivity contribution in [2.75, 3.05) is 26.2 Å². The molecule has 148 valence electrons. The summed E-state index contributed by atoms with van der Waals surface area (Å²) in [6, 6.07) is 3.67. The van der Waals surface area contributed by atoms with Gasteiger partial charge in [-0.15, -0.1) is 11.3 Å². The lowest BCUT2D eigenvalue weighted by molar-refractivity contribution is -0.123. The summed E-state index contributed by atoms with van der Waals surface area (Å²) in [5, 5.41) is 9.01. The van der Waals surface area contributed by atoms with E-state index in [1.54, 1.807) is 0 Å². The van der Waals surface area contributed by atoms with Crippen LogP contribution in [0.15, 0.2) is 12.1 Å². The van der Waals surface area contributed by atoms with Gasteiger partial charge in [-0.05, 0) is 50.3 Å². The van der Waals surface area contributed by atoms with E-state index in [0.29, 0.717) is 30.4 Å². The Kier molecular flexibility index (Phi) is 6.84. The summed E-state index contributed by atoms with van der Waals surface area (Å²) in [7, 11) is 0. The minimum absolute atomic E-state index is 0.0440. The van der Waals surface area contributed by atoms with Gasteiger partial charge in [-0.3, -0.25) is 14.4 Å². The van der Waals surface area contributed by atoms with Crippen molar-refractivity contribution in [2.45, 2.75) is 45.2 Å². The van der Waals surface area contributed by atoms with Crippen molar-refractivity contribution < 1.29 is 14.4 Å². The van der Waals surface area contributed by atoms with Gasteiger partial charge in [0.1, 0.15) is 0 Å². The van der Waals surface area contributed by atoms with Crippen LogP contribution in [-0.4, -0.2) is 54.8 Å². The Hall–Kier alpha value is -1.93. The molecule has 0 bridgehead atoms. The third kappa shape index (κ3) is 5.52. The highest BCUT2D eigenvalue weighted by atomic mass is 32.1. The lowest BCUT2D eigenvalue weighted by Crippen LogP contribution is -2.46. The van der Waals surface area contributed by atoms with E-state index in [0.717, 1.165) is 43.6 Å². The highest BCUT2D eigenvalue weighted by Crippen LogP contribution is 2.22. The van der Waals surface area contributed by atoms with Crippen molar-refractivity contribution in [2.24, 2.45) is 5.92 Å². The van der Waals surface area contributed by atoms with Gasteiger partial charge in [0.05, 0.1) is 17.5 Å². The SMILES string of the molecule is CC(=O)NCc1ccc(C(=O)N2CCCC(CNC(=O)C3CCCN3)C2)s1. The number of piperidine rings is 1. The maximum atomic E-state index is 12.8. The zero-order chi connectivity index (χ0) is 19.2. The molecule has 8 heteroatoms. The fourth-order valence-electron chi connectivity index (χ4n) is 3.65. The molecule has 3 N–H and O–H groups in total. The number of hydrogen-bond acceptors (Lipinski definition) is 5.